The topological polar surface area (TPSA) is 61.9 Å². The second-order valence-corrected chi connectivity index (χ2v) is 6.83. The first kappa shape index (κ1) is 17.8. The molecule has 1 rings (SSSR count). The van der Waals surface area contributed by atoms with Crippen LogP contribution in [0.25, 0.3) is 0 Å². The minimum Gasteiger partial charge on any atom is -0.444 e. The van der Waals surface area contributed by atoms with Gasteiger partial charge in [-0.05, 0) is 46.1 Å². The molecule has 1 N–H and O–H groups in total. The van der Waals surface area contributed by atoms with Gasteiger partial charge < -0.3 is 19.9 Å². The van der Waals surface area contributed by atoms with E-state index in [2.05, 4.69) is 5.32 Å². The van der Waals surface area contributed by atoms with Crippen molar-refractivity contribution in [2.75, 3.05) is 40.3 Å². The van der Waals surface area contributed by atoms with Crippen LogP contribution >= 0.6 is 0 Å². The number of hydrogen-bond acceptors (Lipinski definition) is 4. The summed E-state index contributed by atoms with van der Waals surface area (Å²) in [6.07, 6.45) is 1.67. The normalized spacial score (nSPS) is 16.7. The van der Waals surface area contributed by atoms with Crippen molar-refractivity contribution < 1.29 is 14.3 Å². The van der Waals surface area contributed by atoms with Crippen molar-refractivity contribution in [3.05, 3.63) is 0 Å². The summed E-state index contributed by atoms with van der Waals surface area (Å²) in [5.41, 5.74) is -0.442. The maximum absolute atomic E-state index is 11.9. The summed E-state index contributed by atoms with van der Waals surface area (Å²) in [4.78, 5) is 26.7. The molecule has 1 aliphatic rings. The van der Waals surface area contributed by atoms with Crippen LogP contribution in [0.4, 0.5) is 4.79 Å². The molecule has 6 nitrogen and oxygen atoms in total. The maximum Gasteiger partial charge on any atom is 0.410 e. The lowest BCUT2D eigenvalue weighted by atomic mass is 9.97. The molecule has 0 aliphatic carbocycles. The highest BCUT2D eigenvalue weighted by molar-refractivity contribution is 5.77. The van der Waals surface area contributed by atoms with Crippen LogP contribution in [0.15, 0.2) is 0 Å². The largest absolute Gasteiger partial charge is 0.444 e. The number of carbonyl (C=O) groups is 2. The van der Waals surface area contributed by atoms with Crippen molar-refractivity contribution in [2.24, 2.45) is 5.92 Å². The molecule has 0 radical (unpaired) electrons. The molecule has 0 unspecified atom stereocenters. The summed E-state index contributed by atoms with van der Waals surface area (Å²) >= 11 is 0. The molecule has 0 saturated carbocycles. The molecule has 1 fully saturated rings. The third-order valence-electron chi connectivity index (χ3n) is 3.47. The fourth-order valence-electron chi connectivity index (χ4n) is 2.19. The lowest BCUT2D eigenvalue weighted by Gasteiger charge is -2.33. The highest BCUT2D eigenvalue weighted by Gasteiger charge is 2.26. The average molecular weight is 299 g/mol. The smallest absolute Gasteiger partial charge is 0.410 e. The Balaban J connectivity index is 2.23. The highest BCUT2D eigenvalue weighted by Crippen LogP contribution is 2.19. The van der Waals surface area contributed by atoms with Gasteiger partial charge in [0.05, 0.1) is 6.54 Å². The Morgan fingerprint density at radius 3 is 2.29 bits per heavy atom. The fourth-order valence-corrected chi connectivity index (χ4v) is 2.19. The Kier molecular flexibility index (Phi) is 6.45. The molecule has 122 valence electrons. The van der Waals surface area contributed by atoms with Gasteiger partial charge in [0.1, 0.15) is 5.60 Å². The highest BCUT2D eigenvalue weighted by atomic mass is 16.6. The first-order chi connectivity index (χ1) is 9.69. The summed E-state index contributed by atoms with van der Waals surface area (Å²) in [6.45, 7) is 8.28. The number of likely N-dealkylation sites (tertiary alicyclic amines) is 1. The van der Waals surface area contributed by atoms with Crippen molar-refractivity contribution in [3.8, 4) is 0 Å². The van der Waals surface area contributed by atoms with E-state index in [1.54, 1.807) is 23.9 Å². The van der Waals surface area contributed by atoms with Gasteiger partial charge in [-0.1, -0.05) is 0 Å². The van der Waals surface area contributed by atoms with E-state index < -0.39 is 5.60 Å². The van der Waals surface area contributed by atoms with Crippen molar-refractivity contribution in [3.63, 3.8) is 0 Å². The van der Waals surface area contributed by atoms with Gasteiger partial charge in [0.2, 0.25) is 5.91 Å². The molecule has 1 aliphatic heterocycles. The number of piperidine rings is 1. The van der Waals surface area contributed by atoms with E-state index in [0.29, 0.717) is 12.5 Å². The Labute approximate surface area is 127 Å². The van der Waals surface area contributed by atoms with E-state index in [9.17, 15) is 9.59 Å². The van der Waals surface area contributed by atoms with Gasteiger partial charge in [0.15, 0.2) is 0 Å². The molecular formula is C15H29N3O3. The van der Waals surface area contributed by atoms with Gasteiger partial charge in [-0.3, -0.25) is 4.79 Å². The second-order valence-electron chi connectivity index (χ2n) is 6.83. The van der Waals surface area contributed by atoms with E-state index in [1.165, 1.54) is 0 Å². The zero-order chi connectivity index (χ0) is 16.0. The molecule has 1 saturated heterocycles. The first-order valence-corrected chi connectivity index (χ1v) is 7.58. The van der Waals surface area contributed by atoms with Crippen LogP contribution in [0.3, 0.4) is 0 Å². The number of ether oxygens (including phenoxy) is 1. The summed E-state index contributed by atoms with van der Waals surface area (Å²) < 4.78 is 5.37. The fraction of sp³-hybridized carbons (Fsp3) is 0.867. The molecular weight excluding hydrogens is 270 g/mol. The summed E-state index contributed by atoms with van der Waals surface area (Å²) in [7, 11) is 3.51. The van der Waals surface area contributed by atoms with E-state index in [4.69, 9.17) is 4.74 Å². The summed E-state index contributed by atoms with van der Waals surface area (Å²) in [5.74, 6) is 0.597. The minimum absolute atomic E-state index is 0.0844. The number of likely N-dealkylation sites (N-methyl/N-ethyl adjacent to an activating group) is 1. The molecule has 6 heteroatoms. The van der Waals surface area contributed by atoms with Crippen molar-refractivity contribution in [1.29, 1.82) is 0 Å². The van der Waals surface area contributed by atoms with Crippen molar-refractivity contribution >= 4 is 12.0 Å². The van der Waals surface area contributed by atoms with Crippen LogP contribution in [0.1, 0.15) is 33.6 Å². The number of hydrogen-bond donors (Lipinski definition) is 1. The number of carbonyl (C=O) groups excluding carboxylic acids is 2. The zero-order valence-electron chi connectivity index (χ0n) is 13.9. The lowest BCUT2D eigenvalue weighted by Crippen LogP contribution is -2.44. The standard InChI is InChI=1S/C15H29N3O3/c1-15(2,3)21-14(20)18-8-6-12(7-9-18)10-16-11-13(19)17(4)5/h12,16H,6-11H2,1-5H3. The van der Waals surface area contributed by atoms with Gasteiger partial charge in [0, 0.05) is 27.2 Å². The van der Waals surface area contributed by atoms with Crippen LogP contribution in [-0.4, -0.2) is 67.7 Å². The van der Waals surface area contributed by atoms with Gasteiger partial charge in [-0.15, -0.1) is 0 Å². The monoisotopic (exact) mass is 299 g/mol. The number of nitrogens with zero attached hydrogens (tertiary/aromatic N) is 2. The van der Waals surface area contributed by atoms with Gasteiger partial charge in [0.25, 0.3) is 0 Å². The third-order valence-corrected chi connectivity index (χ3v) is 3.47. The van der Waals surface area contributed by atoms with Crippen LogP contribution in [0.2, 0.25) is 0 Å². The van der Waals surface area contributed by atoms with E-state index in [1.807, 2.05) is 20.8 Å². The van der Waals surface area contributed by atoms with Gasteiger partial charge in [-0.25, -0.2) is 4.79 Å². The minimum atomic E-state index is -0.442. The Hall–Kier alpha value is -1.30. The summed E-state index contributed by atoms with van der Waals surface area (Å²) in [5, 5.41) is 3.19. The number of nitrogens with one attached hydrogen (secondary N) is 1. The molecule has 0 spiro atoms. The van der Waals surface area contributed by atoms with Crippen LogP contribution in [0, 0.1) is 5.92 Å². The molecule has 2 amide bonds. The molecule has 0 aromatic rings. The zero-order valence-corrected chi connectivity index (χ0v) is 13.9. The summed E-state index contributed by atoms with van der Waals surface area (Å²) in [6, 6.07) is 0. The SMILES string of the molecule is CN(C)C(=O)CNCC1CCN(C(=O)OC(C)(C)C)CC1. The maximum atomic E-state index is 11.9. The Bertz CT molecular complexity index is 356. The lowest BCUT2D eigenvalue weighted by molar-refractivity contribution is -0.127. The van der Waals surface area contributed by atoms with Crippen molar-refractivity contribution in [1.82, 2.24) is 15.1 Å². The second kappa shape index (κ2) is 7.64. The van der Waals surface area contributed by atoms with Gasteiger partial charge >= 0.3 is 6.09 Å². The van der Waals surface area contributed by atoms with E-state index in [0.717, 1.165) is 32.5 Å². The van der Waals surface area contributed by atoms with E-state index >= 15 is 0 Å². The van der Waals surface area contributed by atoms with Crippen LogP contribution in [-0.2, 0) is 9.53 Å². The number of amides is 2. The van der Waals surface area contributed by atoms with E-state index in [-0.39, 0.29) is 12.0 Å². The number of rotatable bonds is 4. The average Bonchev–Trinajstić information content (AvgIpc) is 2.37. The Morgan fingerprint density at radius 2 is 1.81 bits per heavy atom. The quantitative estimate of drug-likeness (QED) is 0.850. The van der Waals surface area contributed by atoms with Gasteiger partial charge in [-0.2, -0.15) is 0 Å². The molecule has 0 atom stereocenters. The van der Waals surface area contributed by atoms with Crippen LogP contribution in [0.5, 0.6) is 0 Å². The predicted molar refractivity (Wildman–Crippen MR) is 82.1 cm³/mol. The molecule has 0 bridgehead atoms. The Morgan fingerprint density at radius 1 is 1.24 bits per heavy atom. The molecule has 21 heavy (non-hydrogen) atoms. The molecule has 0 aromatic carbocycles. The molecule has 1 heterocycles. The van der Waals surface area contributed by atoms with Crippen molar-refractivity contribution in [2.45, 2.75) is 39.2 Å². The van der Waals surface area contributed by atoms with Crippen LogP contribution < -0.4 is 5.32 Å². The predicted octanol–water partition coefficient (Wildman–Crippen LogP) is 1.31. The first-order valence-electron chi connectivity index (χ1n) is 7.58. The third kappa shape index (κ3) is 6.80. The molecule has 0 aromatic heterocycles.